The summed E-state index contributed by atoms with van der Waals surface area (Å²) in [7, 11) is 0. The SMILES string of the molecule is Cc1ccc(OCCNC(=O)[C@H](C)Oc2ccccc2)cc1. The maximum atomic E-state index is 11.9. The Labute approximate surface area is 131 Å². The average Bonchev–Trinajstić information content (AvgIpc) is 2.54. The van der Waals surface area contributed by atoms with Gasteiger partial charge in [-0.25, -0.2) is 0 Å². The number of amides is 1. The van der Waals surface area contributed by atoms with Crippen molar-refractivity contribution in [3.05, 3.63) is 60.2 Å². The van der Waals surface area contributed by atoms with Crippen LogP contribution in [0.5, 0.6) is 11.5 Å². The molecule has 116 valence electrons. The number of ether oxygens (including phenoxy) is 2. The molecule has 2 rings (SSSR count). The zero-order valence-electron chi connectivity index (χ0n) is 12.9. The largest absolute Gasteiger partial charge is 0.492 e. The van der Waals surface area contributed by atoms with Crippen LogP contribution in [0.15, 0.2) is 54.6 Å². The molecular formula is C18H21NO3. The molecule has 4 heteroatoms. The molecule has 0 aliphatic rings. The predicted molar refractivity (Wildman–Crippen MR) is 86.2 cm³/mol. The monoisotopic (exact) mass is 299 g/mol. The second-order valence-corrected chi connectivity index (χ2v) is 5.03. The van der Waals surface area contributed by atoms with Crippen molar-refractivity contribution in [1.82, 2.24) is 5.32 Å². The Morgan fingerprint density at radius 1 is 1.05 bits per heavy atom. The fraction of sp³-hybridized carbons (Fsp3) is 0.278. The fourth-order valence-corrected chi connectivity index (χ4v) is 1.88. The van der Waals surface area contributed by atoms with Crippen molar-refractivity contribution in [3.63, 3.8) is 0 Å². The number of para-hydroxylation sites is 1. The molecule has 0 aliphatic heterocycles. The highest BCUT2D eigenvalue weighted by Gasteiger charge is 2.13. The van der Waals surface area contributed by atoms with Gasteiger partial charge in [0.15, 0.2) is 6.10 Å². The van der Waals surface area contributed by atoms with Gasteiger partial charge in [0, 0.05) is 0 Å². The molecule has 2 aromatic carbocycles. The minimum atomic E-state index is -0.540. The lowest BCUT2D eigenvalue weighted by atomic mass is 10.2. The number of hydrogen-bond acceptors (Lipinski definition) is 3. The minimum absolute atomic E-state index is 0.156. The summed E-state index contributed by atoms with van der Waals surface area (Å²) in [6.45, 7) is 4.61. The Hall–Kier alpha value is -2.49. The number of nitrogens with one attached hydrogen (secondary N) is 1. The van der Waals surface area contributed by atoms with Gasteiger partial charge in [0.25, 0.3) is 5.91 Å². The van der Waals surface area contributed by atoms with E-state index in [9.17, 15) is 4.79 Å². The number of carbonyl (C=O) groups excluding carboxylic acids is 1. The maximum absolute atomic E-state index is 11.9. The van der Waals surface area contributed by atoms with Crippen LogP contribution in [0.3, 0.4) is 0 Å². The van der Waals surface area contributed by atoms with Crippen LogP contribution in [0.25, 0.3) is 0 Å². The number of hydrogen-bond donors (Lipinski definition) is 1. The summed E-state index contributed by atoms with van der Waals surface area (Å²) >= 11 is 0. The van der Waals surface area contributed by atoms with Crippen LogP contribution >= 0.6 is 0 Å². The van der Waals surface area contributed by atoms with Crippen LogP contribution in [0.2, 0.25) is 0 Å². The molecule has 1 N–H and O–H groups in total. The van der Waals surface area contributed by atoms with E-state index in [1.165, 1.54) is 5.56 Å². The molecule has 22 heavy (non-hydrogen) atoms. The lowest BCUT2D eigenvalue weighted by Gasteiger charge is -2.14. The molecule has 0 bridgehead atoms. The molecule has 2 aromatic rings. The molecule has 0 unspecified atom stereocenters. The van der Waals surface area contributed by atoms with Gasteiger partial charge in [0.2, 0.25) is 0 Å². The van der Waals surface area contributed by atoms with Crippen molar-refractivity contribution < 1.29 is 14.3 Å². The van der Waals surface area contributed by atoms with Gasteiger partial charge in [-0.15, -0.1) is 0 Å². The Kier molecular flexibility index (Phi) is 5.83. The van der Waals surface area contributed by atoms with Gasteiger partial charge in [-0.3, -0.25) is 4.79 Å². The highest BCUT2D eigenvalue weighted by Crippen LogP contribution is 2.11. The highest BCUT2D eigenvalue weighted by molar-refractivity contribution is 5.80. The van der Waals surface area contributed by atoms with Crippen molar-refractivity contribution in [3.8, 4) is 11.5 Å². The third-order valence-electron chi connectivity index (χ3n) is 3.12. The third-order valence-corrected chi connectivity index (χ3v) is 3.12. The lowest BCUT2D eigenvalue weighted by Crippen LogP contribution is -2.38. The summed E-state index contributed by atoms with van der Waals surface area (Å²) < 4.78 is 11.1. The van der Waals surface area contributed by atoms with Crippen LogP contribution in [0.4, 0.5) is 0 Å². The first-order valence-corrected chi connectivity index (χ1v) is 7.34. The molecule has 0 saturated carbocycles. The summed E-state index contributed by atoms with van der Waals surface area (Å²) in [6.07, 6.45) is -0.540. The van der Waals surface area contributed by atoms with E-state index in [2.05, 4.69) is 5.32 Å². The van der Waals surface area contributed by atoms with Gasteiger partial charge in [-0.05, 0) is 38.1 Å². The topological polar surface area (TPSA) is 47.6 Å². The second kappa shape index (κ2) is 8.08. The molecule has 0 spiro atoms. The van der Waals surface area contributed by atoms with E-state index < -0.39 is 6.10 Å². The van der Waals surface area contributed by atoms with Crippen molar-refractivity contribution >= 4 is 5.91 Å². The van der Waals surface area contributed by atoms with Gasteiger partial charge < -0.3 is 14.8 Å². The Balaban J connectivity index is 1.67. The molecule has 0 fully saturated rings. The second-order valence-electron chi connectivity index (χ2n) is 5.03. The quantitative estimate of drug-likeness (QED) is 0.800. The first kappa shape index (κ1) is 15.9. The van der Waals surface area contributed by atoms with Crippen LogP contribution in [0, 0.1) is 6.92 Å². The van der Waals surface area contributed by atoms with Gasteiger partial charge in [0.05, 0.1) is 6.54 Å². The van der Waals surface area contributed by atoms with Crippen molar-refractivity contribution in [2.45, 2.75) is 20.0 Å². The van der Waals surface area contributed by atoms with Crippen LogP contribution in [-0.4, -0.2) is 25.2 Å². The smallest absolute Gasteiger partial charge is 0.260 e. The molecule has 4 nitrogen and oxygen atoms in total. The molecule has 0 aromatic heterocycles. The number of aryl methyl sites for hydroxylation is 1. The molecular weight excluding hydrogens is 278 g/mol. The molecule has 0 radical (unpaired) electrons. The normalized spacial score (nSPS) is 11.5. The van der Waals surface area contributed by atoms with E-state index in [0.29, 0.717) is 18.9 Å². The number of rotatable bonds is 7. The van der Waals surface area contributed by atoms with E-state index in [1.807, 2.05) is 61.5 Å². The summed E-state index contributed by atoms with van der Waals surface area (Å²) in [5.41, 5.74) is 1.19. The van der Waals surface area contributed by atoms with Gasteiger partial charge >= 0.3 is 0 Å². The number of carbonyl (C=O) groups is 1. The zero-order valence-corrected chi connectivity index (χ0v) is 12.9. The summed E-state index contributed by atoms with van der Waals surface area (Å²) in [5.74, 6) is 1.32. The van der Waals surface area contributed by atoms with E-state index >= 15 is 0 Å². The van der Waals surface area contributed by atoms with Crippen molar-refractivity contribution in [1.29, 1.82) is 0 Å². The summed E-state index contributed by atoms with van der Waals surface area (Å²) in [5, 5.41) is 2.80. The van der Waals surface area contributed by atoms with Crippen molar-refractivity contribution in [2.24, 2.45) is 0 Å². The van der Waals surface area contributed by atoms with Crippen LogP contribution < -0.4 is 14.8 Å². The Morgan fingerprint density at radius 3 is 2.41 bits per heavy atom. The summed E-state index contributed by atoms with van der Waals surface area (Å²) in [6, 6.07) is 17.1. The molecule has 1 amide bonds. The number of benzene rings is 2. The Bertz CT molecular complexity index is 581. The molecule has 0 saturated heterocycles. The Morgan fingerprint density at radius 2 is 1.73 bits per heavy atom. The first-order valence-electron chi connectivity index (χ1n) is 7.34. The predicted octanol–water partition coefficient (Wildman–Crippen LogP) is 2.96. The molecule has 0 heterocycles. The van der Waals surface area contributed by atoms with E-state index in [1.54, 1.807) is 6.92 Å². The minimum Gasteiger partial charge on any atom is -0.492 e. The van der Waals surface area contributed by atoms with Gasteiger partial charge in [0.1, 0.15) is 18.1 Å². The highest BCUT2D eigenvalue weighted by atomic mass is 16.5. The van der Waals surface area contributed by atoms with E-state index in [0.717, 1.165) is 5.75 Å². The molecule has 1 atom stereocenters. The average molecular weight is 299 g/mol. The zero-order chi connectivity index (χ0) is 15.8. The standard InChI is InChI=1S/C18H21NO3/c1-14-8-10-16(11-9-14)21-13-12-19-18(20)15(2)22-17-6-4-3-5-7-17/h3-11,15H,12-13H2,1-2H3,(H,19,20)/t15-/m0/s1. The van der Waals surface area contributed by atoms with Crippen molar-refractivity contribution in [2.75, 3.05) is 13.2 Å². The first-order chi connectivity index (χ1) is 10.6. The molecule has 0 aliphatic carbocycles. The van der Waals surface area contributed by atoms with Gasteiger partial charge in [-0.1, -0.05) is 35.9 Å². The maximum Gasteiger partial charge on any atom is 0.260 e. The van der Waals surface area contributed by atoms with Crippen LogP contribution in [-0.2, 0) is 4.79 Å². The van der Waals surface area contributed by atoms with Crippen LogP contribution in [0.1, 0.15) is 12.5 Å². The lowest BCUT2D eigenvalue weighted by molar-refractivity contribution is -0.127. The van der Waals surface area contributed by atoms with Gasteiger partial charge in [-0.2, -0.15) is 0 Å². The third kappa shape index (κ3) is 5.13. The summed E-state index contributed by atoms with van der Waals surface area (Å²) in [4.78, 5) is 11.9. The fourth-order valence-electron chi connectivity index (χ4n) is 1.88. The van der Waals surface area contributed by atoms with E-state index in [4.69, 9.17) is 9.47 Å². The van der Waals surface area contributed by atoms with E-state index in [-0.39, 0.29) is 5.91 Å².